The Morgan fingerprint density at radius 2 is 1.60 bits per heavy atom. The molecule has 6 nitrogen and oxygen atoms in total. The molecule has 5 atom stereocenters. The molecule has 0 spiro atoms. The molecule has 5 unspecified atom stereocenters. The normalized spacial score (nSPS) is 43.9. The van der Waals surface area contributed by atoms with Crippen molar-refractivity contribution in [2.24, 2.45) is 17.6 Å². The van der Waals surface area contributed by atoms with Gasteiger partial charge in [-0.15, -0.1) is 0 Å². The molecule has 2 heterocycles. The summed E-state index contributed by atoms with van der Waals surface area (Å²) in [6.07, 6.45) is 2.01. The number of nitrogens with zero attached hydrogens (tertiary/aromatic N) is 2. The lowest BCUT2D eigenvalue weighted by Crippen LogP contribution is -2.52. The summed E-state index contributed by atoms with van der Waals surface area (Å²) in [5.74, 6) is 0.802. The van der Waals surface area contributed by atoms with Crippen LogP contribution in [-0.4, -0.2) is 61.5 Å². The van der Waals surface area contributed by atoms with Crippen molar-refractivity contribution in [2.75, 3.05) is 26.2 Å². The van der Waals surface area contributed by atoms with Gasteiger partial charge in [0, 0.05) is 32.2 Å². The van der Waals surface area contributed by atoms with E-state index < -0.39 is 10.2 Å². The minimum Gasteiger partial charge on any atom is -0.373 e. The molecule has 3 fully saturated rings. The first-order valence-corrected chi connectivity index (χ1v) is 8.94. The Balaban J connectivity index is 1.73. The van der Waals surface area contributed by atoms with Gasteiger partial charge < -0.3 is 10.5 Å². The predicted octanol–water partition coefficient (Wildman–Crippen LogP) is 0.00950. The molecule has 7 heteroatoms. The average molecular weight is 303 g/mol. The Morgan fingerprint density at radius 3 is 2.20 bits per heavy atom. The maximum Gasteiger partial charge on any atom is 0.282 e. The number of hydrogen-bond donors (Lipinski definition) is 1. The van der Waals surface area contributed by atoms with Crippen LogP contribution in [-0.2, 0) is 14.9 Å². The van der Waals surface area contributed by atoms with Crippen LogP contribution in [0.15, 0.2) is 0 Å². The Hall–Kier alpha value is -0.210. The van der Waals surface area contributed by atoms with Gasteiger partial charge in [0.1, 0.15) is 0 Å². The molecule has 2 saturated heterocycles. The monoisotopic (exact) mass is 303 g/mol. The highest BCUT2D eigenvalue weighted by atomic mass is 32.2. The van der Waals surface area contributed by atoms with Gasteiger partial charge in [0.05, 0.1) is 12.2 Å². The molecule has 1 saturated carbocycles. The number of hydrogen-bond acceptors (Lipinski definition) is 4. The van der Waals surface area contributed by atoms with Gasteiger partial charge in [-0.25, -0.2) is 0 Å². The number of nitrogens with two attached hydrogens (primary N) is 1. The summed E-state index contributed by atoms with van der Waals surface area (Å²) in [7, 11) is -3.36. The fourth-order valence-corrected chi connectivity index (χ4v) is 5.80. The van der Waals surface area contributed by atoms with Gasteiger partial charge in [-0.2, -0.15) is 17.0 Å². The Bertz CT molecular complexity index is 459. The van der Waals surface area contributed by atoms with Gasteiger partial charge in [-0.3, -0.25) is 0 Å². The second-order valence-corrected chi connectivity index (χ2v) is 8.49. The van der Waals surface area contributed by atoms with Gasteiger partial charge in [-0.1, -0.05) is 0 Å². The molecule has 2 N–H and O–H groups in total. The lowest BCUT2D eigenvalue weighted by atomic mass is 9.98. The third-order valence-electron chi connectivity index (χ3n) is 4.92. The molecule has 0 aromatic carbocycles. The van der Waals surface area contributed by atoms with Crippen LogP contribution in [0.25, 0.3) is 0 Å². The predicted molar refractivity (Wildman–Crippen MR) is 76.3 cm³/mol. The van der Waals surface area contributed by atoms with Gasteiger partial charge in [0.15, 0.2) is 0 Å². The van der Waals surface area contributed by atoms with Crippen molar-refractivity contribution < 1.29 is 13.2 Å². The van der Waals surface area contributed by atoms with E-state index in [2.05, 4.69) is 0 Å². The van der Waals surface area contributed by atoms with Crippen molar-refractivity contribution in [1.82, 2.24) is 8.61 Å². The molecule has 2 aliphatic heterocycles. The van der Waals surface area contributed by atoms with E-state index in [0.29, 0.717) is 38.0 Å². The third-order valence-corrected chi connectivity index (χ3v) is 6.82. The molecule has 0 radical (unpaired) electrons. The van der Waals surface area contributed by atoms with Gasteiger partial charge >= 0.3 is 0 Å². The highest BCUT2D eigenvalue weighted by Crippen LogP contribution is 2.38. The van der Waals surface area contributed by atoms with Crippen molar-refractivity contribution in [2.45, 2.75) is 44.9 Å². The summed E-state index contributed by atoms with van der Waals surface area (Å²) in [4.78, 5) is 0. The van der Waals surface area contributed by atoms with Gasteiger partial charge in [0.25, 0.3) is 10.2 Å². The van der Waals surface area contributed by atoms with E-state index in [1.807, 2.05) is 13.8 Å². The van der Waals surface area contributed by atoms with E-state index in [0.717, 1.165) is 12.8 Å². The number of rotatable bonds is 2. The molecule has 3 aliphatic rings. The van der Waals surface area contributed by atoms with Gasteiger partial charge in [0.2, 0.25) is 0 Å². The molecule has 0 bridgehead atoms. The third kappa shape index (κ3) is 2.50. The van der Waals surface area contributed by atoms with E-state index in [4.69, 9.17) is 10.5 Å². The van der Waals surface area contributed by atoms with Crippen LogP contribution in [0.3, 0.4) is 0 Å². The smallest absolute Gasteiger partial charge is 0.282 e. The van der Waals surface area contributed by atoms with E-state index in [-0.39, 0.29) is 18.2 Å². The topological polar surface area (TPSA) is 75.9 Å². The van der Waals surface area contributed by atoms with Crippen LogP contribution in [0.1, 0.15) is 26.7 Å². The lowest BCUT2D eigenvalue weighted by Gasteiger charge is -2.36. The minimum absolute atomic E-state index is 0.0436. The summed E-state index contributed by atoms with van der Waals surface area (Å²) in [6, 6.07) is 0.169. The van der Waals surface area contributed by atoms with Crippen molar-refractivity contribution in [3.05, 3.63) is 0 Å². The standard InChI is InChI=1S/C13H25N3O3S/c1-9-5-15(6-10(2)19-9)20(17,18)16-7-11-3-4-13(14)12(11)8-16/h9-13H,3-8,14H2,1-2H3. The molecule has 0 amide bonds. The molecular weight excluding hydrogens is 278 g/mol. The van der Waals surface area contributed by atoms with Crippen LogP contribution < -0.4 is 5.73 Å². The fourth-order valence-electron chi connectivity index (χ4n) is 3.94. The summed E-state index contributed by atoms with van der Waals surface area (Å²) in [5, 5.41) is 0. The van der Waals surface area contributed by atoms with Crippen LogP contribution in [0, 0.1) is 11.8 Å². The van der Waals surface area contributed by atoms with E-state index in [1.165, 1.54) is 0 Å². The van der Waals surface area contributed by atoms with E-state index >= 15 is 0 Å². The average Bonchev–Trinajstić information content (AvgIpc) is 2.91. The Labute approximate surface area is 121 Å². The molecule has 1 aliphatic carbocycles. The molecule has 116 valence electrons. The van der Waals surface area contributed by atoms with Crippen molar-refractivity contribution >= 4 is 10.2 Å². The second kappa shape index (κ2) is 5.21. The fraction of sp³-hybridized carbons (Fsp3) is 1.00. The molecule has 3 rings (SSSR count). The van der Waals surface area contributed by atoms with E-state index in [1.54, 1.807) is 8.61 Å². The molecule has 0 aromatic rings. The number of ether oxygens (including phenoxy) is 1. The Morgan fingerprint density at radius 1 is 1.00 bits per heavy atom. The lowest BCUT2D eigenvalue weighted by molar-refractivity contribution is -0.0453. The summed E-state index contributed by atoms with van der Waals surface area (Å²) in [6.45, 7) is 5.98. The largest absolute Gasteiger partial charge is 0.373 e. The molecular formula is C13H25N3O3S. The van der Waals surface area contributed by atoms with Crippen LogP contribution in [0.2, 0.25) is 0 Å². The van der Waals surface area contributed by atoms with Crippen LogP contribution in [0.4, 0.5) is 0 Å². The quantitative estimate of drug-likeness (QED) is 0.780. The first kappa shape index (κ1) is 14.7. The zero-order valence-electron chi connectivity index (χ0n) is 12.2. The SMILES string of the molecule is CC1CN(S(=O)(=O)N2CC3CCC(N)C3C2)CC(C)O1. The van der Waals surface area contributed by atoms with E-state index in [9.17, 15) is 8.42 Å². The second-order valence-electron chi connectivity index (χ2n) is 6.56. The maximum atomic E-state index is 12.8. The Kier molecular flexibility index (Phi) is 3.83. The zero-order valence-corrected chi connectivity index (χ0v) is 13.1. The maximum absolute atomic E-state index is 12.8. The first-order chi connectivity index (χ1) is 9.38. The zero-order chi connectivity index (χ0) is 14.5. The summed E-state index contributed by atoms with van der Waals surface area (Å²) in [5.41, 5.74) is 6.09. The summed E-state index contributed by atoms with van der Waals surface area (Å²) < 4.78 is 34.4. The molecule has 0 aromatic heterocycles. The first-order valence-electron chi connectivity index (χ1n) is 7.54. The highest BCUT2D eigenvalue weighted by molar-refractivity contribution is 7.86. The molecule has 20 heavy (non-hydrogen) atoms. The van der Waals surface area contributed by atoms with Crippen LogP contribution >= 0.6 is 0 Å². The number of fused-ring (bicyclic) bond motifs is 1. The summed E-state index contributed by atoms with van der Waals surface area (Å²) >= 11 is 0. The minimum atomic E-state index is -3.36. The highest BCUT2D eigenvalue weighted by Gasteiger charge is 2.46. The number of morpholine rings is 1. The van der Waals surface area contributed by atoms with Crippen molar-refractivity contribution in [3.8, 4) is 0 Å². The van der Waals surface area contributed by atoms with Gasteiger partial charge in [-0.05, 0) is 38.5 Å². The van der Waals surface area contributed by atoms with Crippen LogP contribution in [0.5, 0.6) is 0 Å². The van der Waals surface area contributed by atoms with Crippen molar-refractivity contribution in [1.29, 1.82) is 0 Å². The van der Waals surface area contributed by atoms with Crippen molar-refractivity contribution in [3.63, 3.8) is 0 Å².